The van der Waals surface area contributed by atoms with Gasteiger partial charge in [0.05, 0.1) is 5.69 Å². The van der Waals surface area contributed by atoms with E-state index in [2.05, 4.69) is 65.2 Å². The Bertz CT molecular complexity index is 1040. The highest BCUT2D eigenvalue weighted by molar-refractivity contribution is 5.64. The van der Waals surface area contributed by atoms with Gasteiger partial charge in [-0.25, -0.2) is 13.5 Å². The topological polar surface area (TPSA) is 49.2 Å². The Kier molecular flexibility index (Phi) is 5.19. The normalized spacial score (nSPS) is 16.7. The number of likely N-dealkylation sites (N-methyl/N-ethyl adjacent to an activating group) is 1. The van der Waals surface area contributed by atoms with Gasteiger partial charge >= 0.3 is 0 Å². The van der Waals surface area contributed by atoms with Crippen LogP contribution < -0.4 is 10.2 Å². The first-order chi connectivity index (χ1) is 14.2. The summed E-state index contributed by atoms with van der Waals surface area (Å²) in [5.41, 5.74) is 3.50. The standard InChI is InChI=1S/C22H26F2N6/c1-15-7-18(12-19(8-15)29-6-5-28(4)22(2,3)13-29)26-21-25-14-30(27-21)20-10-16(23)9-17(24)11-20/h7-12,14H,5-6,13H2,1-4H3,(H,26,27). The Labute approximate surface area is 175 Å². The number of hydrogen-bond donors (Lipinski definition) is 1. The molecule has 30 heavy (non-hydrogen) atoms. The SMILES string of the molecule is Cc1cc(Nc2ncn(-c3cc(F)cc(F)c3)n2)cc(N2CCN(C)C(C)(C)C2)c1. The molecular formula is C22H26F2N6. The predicted octanol–water partition coefficient (Wildman–Crippen LogP) is 4.13. The minimum absolute atomic E-state index is 0.0934. The molecule has 6 nitrogen and oxygen atoms in total. The van der Waals surface area contributed by atoms with Crippen molar-refractivity contribution in [2.75, 3.05) is 36.9 Å². The van der Waals surface area contributed by atoms with Gasteiger partial charge in [0, 0.05) is 42.6 Å². The van der Waals surface area contributed by atoms with E-state index in [0.29, 0.717) is 5.95 Å². The Balaban J connectivity index is 1.55. The van der Waals surface area contributed by atoms with Crippen LogP contribution >= 0.6 is 0 Å². The minimum Gasteiger partial charge on any atom is -0.368 e. The summed E-state index contributed by atoms with van der Waals surface area (Å²) in [7, 11) is 2.16. The van der Waals surface area contributed by atoms with E-state index < -0.39 is 11.6 Å². The smallest absolute Gasteiger partial charge is 0.246 e. The molecule has 1 aliphatic rings. The summed E-state index contributed by atoms with van der Waals surface area (Å²) >= 11 is 0. The Morgan fingerprint density at radius 3 is 2.40 bits per heavy atom. The van der Waals surface area contributed by atoms with E-state index in [1.165, 1.54) is 23.1 Å². The maximum absolute atomic E-state index is 13.5. The van der Waals surface area contributed by atoms with E-state index in [0.717, 1.165) is 42.6 Å². The second-order valence-electron chi connectivity index (χ2n) is 8.48. The molecule has 0 atom stereocenters. The first kappa shape index (κ1) is 20.3. The number of anilines is 3. The van der Waals surface area contributed by atoms with E-state index in [1.54, 1.807) is 0 Å². The fourth-order valence-electron chi connectivity index (χ4n) is 3.72. The fraction of sp³-hybridized carbons (Fsp3) is 0.364. The molecule has 1 aromatic heterocycles. The minimum atomic E-state index is -0.659. The van der Waals surface area contributed by atoms with Crippen molar-refractivity contribution in [3.05, 3.63) is 59.9 Å². The number of benzene rings is 2. The third-order valence-corrected chi connectivity index (χ3v) is 5.60. The Morgan fingerprint density at radius 1 is 0.967 bits per heavy atom. The van der Waals surface area contributed by atoms with Gasteiger partial charge in [-0.3, -0.25) is 4.90 Å². The van der Waals surface area contributed by atoms with Gasteiger partial charge in [-0.05, 0) is 63.7 Å². The second kappa shape index (κ2) is 7.68. The first-order valence-electron chi connectivity index (χ1n) is 9.93. The van der Waals surface area contributed by atoms with Crippen molar-refractivity contribution in [1.82, 2.24) is 19.7 Å². The van der Waals surface area contributed by atoms with Crippen molar-refractivity contribution in [2.24, 2.45) is 0 Å². The third-order valence-electron chi connectivity index (χ3n) is 5.60. The molecule has 0 amide bonds. The van der Waals surface area contributed by atoms with E-state index in [-0.39, 0.29) is 11.2 Å². The van der Waals surface area contributed by atoms with Gasteiger partial charge in [0.2, 0.25) is 5.95 Å². The molecule has 2 aromatic carbocycles. The van der Waals surface area contributed by atoms with Crippen molar-refractivity contribution in [2.45, 2.75) is 26.3 Å². The van der Waals surface area contributed by atoms with Crippen molar-refractivity contribution in [3.8, 4) is 5.69 Å². The number of aromatic nitrogens is 3. The quantitative estimate of drug-likeness (QED) is 0.698. The molecule has 0 aliphatic carbocycles. The highest BCUT2D eigenvalue weighted by atomic mass is 19.1. The van der Waals surface area contributed by atoms with Gasteiger partial charge in [-0.15, -0.1) is 5.10 Å². The van der Waals surface area contributed by atoms with Gasteiger partial charge in [-0.1, -0.05) is 0 Å². The molecule has 4 rings (SSSR count). The summed E-state index contributed by atoms with van der Waals surface area (Å²) in [6, 6.07) is 9.52. The molecule has 3 aromatic rings. The largest absolute Gasteiger partial charge is 0.368 e. The van der Waals surface area contributed by atoms with Crippen LogP contribution in [0.2, 0.25) is 0 Å². The van der Waals surface area contributed by atoms with Crippen LogP contribution in [0.15, 0.2) is 42.7 Å². The average Bonchev–Trinajstić information content (AvgIpc) is 3.11. The van der Waals surface area contributed by atoms with Crippen LogP contribution in [0.1, 0.15) is 19.4 Å². The molecule has 0 unspecified atom stereocenters. The Hall–Kier alpha value is -3.00. The number of nitrogens with one attached hydrogen (secondary N) is 1. The molecule has 158 valence electrons. The lowest BCUT2D eigenvalue weighted by atomic mass is 9.99. The summed E-state index contributed by atoms with van der Waals surface area (Å²) in [6.45, 7) is 9.45. The highest BCUT2D eigenvalue weighted by Crippen LogP contribution is 2.28. The fourth-order valence-corrected chi connectivity index (χ4v) is 3.72. The number of rotatable bonds is 4. The lowest BCUT2D eigenvalue weighted by Gasteiger charge is -2.46. The second-order valence-corrected chi connectivity index (χ2v) is 8.48. The zero-order chi connectivity index (χ0) is 21.5. The lowest BCUT2D eigenvalue weighted by Crippen LogP contribution is -2.57. The van der Waals surface area contributed by atoms with Crippen LogP contribution in [-0.2, 0) is 0 Å². The van der Waals surface area contributed by atoms with Crippen LogP contribution in [0, 0.1) is 18.6 Å². The Morgan fingerprint density at radius 2 is 1.70 bits per heavy atom. The maximum Gasteiger partial charge on any atom is 0.246 e. The van der Waals surface area contributed by atoms with Crippen molar-refractivity contribution in [3.63, 3.8) is 0 Å². The molecule has 1 aliphatic heterocycles. The maximum atomic E-state index is 13.5. The van der Waals surface area contributed by atoms with Crippen LogP contribution in [0.25, 0.3) is 5.69 Å². The van der Waals surface area contributed by atoms with Gasteiger partial charge in [-0.2, -0.15) is 4.98 Å². The summed E-state index contributed by atoms with van der Waals surface area (Å²) in [4.78, 5) is 9.00. The van der Waals surface area contributed by atoms with E-state index in [9.17, 15) is 8.78 Å². The number of hydrogen-bond acceptors (Lipinski definition) is 5. The zero-order valence-electron chi connectivity index (χ0n) is 17.7. The molecule has 0 bridgehead atoms. The van der Waals surface area contributed by atoms with Gasteiger partial charge in [0.15, 0.2) is 0 Å². The summed E-state index contributed by atoms with van der Waals surface area (Å²) in [5, 5.41) is 7.51. The summed E-state index contributed by atoms with van der Waals surface area (Å²) in [6.07, 6.45) is 1.43. The van der Waals surface area contributed by atoms with E-state index >= 15 is 0 Å². The van der Waals surface area contributed by atoms with E-state index in [4.69, 9.17) is 0 Å². The lowest BCUT2D eigenvalue weighted by molar-refractivity contribution is 0.139. The van der Waals surface area contributed by atoms with Gasteiger partial charge < -0.3 is 10.2 Å². The van der Waals surface area contributed by atoms with Gasteiger partial charge in [0.1, 0.15) is 18.0 Å². The number of piperazine rings is 1. The monoisotopic (exact) mass is 412 g/mol. The van der Waals surface area contributed by atoms with Crippen molar-refractivity contribution >= 4 is 17.3 Å². The van der Waals surface area contributed by atoms with Crippen LogP contribution in [0.4, 0.5) is 26.1 Å². The van der Waals surface area contributed by atoms with Crippen molar-refractivity contribution in [1.29, 1.82) is 0 Å². The molecule has 0 saturated carbocycles. The highest BCUT2D eigenvalue weighted by Gasteiger charge is 2.31. The number of nitrogens with zero attached hydrogens (tertiary/aromatic N) is 5. The molecule has 1 saturated heterocycles. The summed E-state index contributed by atoms with van der Waals surface area (Å²) in [5.74, 6) is -0.961. The van der Waals surface area contributed by atoms with Crippen LogP contribution in [0.5, 0.6) is 0 Å². The van der Waals surface area contributed by atoms with E-state index in [1.807, 2.05) is 6.07 Å². The zero-order valence-corrected chi connectivity index (χ0v) is 17.7. The predicted molar refractivity (Wildman–Crippen MR) is 115 cm³/mol. The van der Waals surface area contributed by atoms with Crippen LogP contribution in [-0.4, -0.2) is 51.9 Å². The van der Waals surface area contributed by atoms with Crippen molar-refractivity contribution < 1.29 is 8.78 Å². The molecular weight excluding hydrogens is 386 g/mol. The molecule has 1 fully saturated rings. The first-order valence-corrected chi connectivity index (χ1v) is 9.93. The van der Waals surface area contributed by atoms with Crippen LogP contribution in [0.3, 0.4) is 0 Å². The molecule has 0 spiro atoms. The molecule has 2 heterocycles. The molecule has 0 radical (unpaired) electrons. The number of halogens is 2. The van der Waals surface area contributed by atoms with Gasteiger partial charge in [0.25, 0.3) is 0 Å². The molecule has 1 N–H and O–H groups in total. The third kappa shape index (κ3) is 4.28. The summed E-state index contributed by atoms with van der Waals surface area (Å²) < 4.78 is 28.3. The number of aryl methyl sites for hydroxylation is 1. The average molecular weight is 412 g/mol. The molecule has 8 heteroatoms.